The third-order valence-corrected chi connectivity index (χ3v) is 5.33. The zero-order chi connectivity index (χ0) is 19.0. The molecular weight excluding hydrogens is 338 g/mol. The number of carbonyl (C=O) groups excluding carboxylic acids is 1. The van der Waals surface area contributed by atoms with E-state index in [1.165, 1.54) is 0 Å². The number of nitrogens with zero attached hydrogens (tertiary/aromatic N) is 2. The summed E-state index contributed by atoms with van der Waals surface area (Å²) in [7, 11) is 0. The third kappa shape index (κ3) is 3.10. The minimum absolute atomic E-state index is 0.0827. The number of aromatic nitrogens is 1. The highest BCUT2D eigenvalue weighted by Crippen LogP contribution is 2.34. The molecule has 0 saturated heterocycles. The van der Waals surface area contributed by atoms with Crippen LogP contribution in [0.1, 0.15) is 31.4 Å². The maximum absolute atomic E-state index is 12.8. The molecule has 1 aromatic heterocycles. The minimum Gasteiger partial charge on any atom is -0.508 e. The Morgan fingerprint density at radius 3 is 2.74 bits per heavy atom. The van der Waals surface area contributed by atoms with E-state index in [1.807, 2.05) is 31.2 Å². The fourth-order valence-electron chi connectivity index (χ4n) is 3.61. The number of anilines is 1. The maximum Gasteiger partial charge on any atom is 0.250 e. The second kappa shape index (κ2) is 6.91. The van der Waals surface area contributed by atoms with Crippen LogP contribution >= 0.6 is 0 Å². The van der Waals surface area contributed by atoms with Gasteiger partial charge in [-0.25, -0.2) is 0 Å². The van der Waals surface area contributed by atoms with Crippen molar-refractivity contribution in [3.63, 3.8) is 0 Å². The molecule has 138 valence electrons. The minimum atomic E-state index is -0.403. The van der Waals surface area contributed by atoms with Gasteiger partial charge in [-0.2, -0.15) is 0 Å². The van der Waals surface area contributed by atoms with Crippen molar-refractivity contribution in [2.75, 3.05) is 5.32 Å². The van der Waals surface area contributed by atoms with Crippen molar-refractivity contribution in [2.45, 2.75) is 32.9 Å². The predicted octanol–water partition coefficient (Wildman–Crippen LogP) is 4.18. The van der Waals surface area contributed by atoms with Crippen LogP contribution in [0.4, 0.5) is 5.82 Å². The Bertz CT molecular complexity index is 1020. The Kier molecular flexibility index (Phi) is 4.44. The molecule has 2 heterocycles. The van der Waals surface area contributed by atoms with Gasteiger partial charge in [0.2, 0.25) is 0 Å². The molecule has 0 aliphatic carbocycles. The largest absolute Gasteiger partial charge is 0.508 e. The Balaban J connectivity index is 1.88. The monoisotopic (exact) mass is 361 g/mol. The smallest absolute Gasteiger partial charge is 0.250 e. The molecule has 27 heavy (non-hydrogen) atoms. The summed E-state index contributed by atoms with van der Waals surface area (Å²) in [5.74, 6) is 1.01. The van der Waals surface area contributed by atoms with E-state index >= 15 is 0 Å². The van der Waals surface area contributed by atoms with E-state index in [-0.39, 0.29) is 17.6 Å². The second-order valence-corrected chi connectivity index (χ2v) is 7.13. The van der Waals surface area contributed by atoms with Gasteiger partial charge < -0.3 is 15.0 Å². The molecule has 5 heteroatoms. The van der Waals surface area contributed by atoms with Gasteiger partial charge in [0, 0.05) is 23.7 Å². The topological polar surface area (TPSA) is 66.6 Å². The molecule has 0 spiro atoms. The van der Waals surface area contributed by atoms with Crippen molar-refractivity contribution < 1.29 is 9.90 Å². The summed E-state index contributed by atoms with van der Waals surface area (Å²) >= 11 is 0. The van der Waals surface area contributed by atoms with Crippen LogP contribution in [-0.4, -0.2) is 27.8 Å². The van der Waals surface area contributed by atoms with Crippen LogP contribution in [0.5, 0.6) is 5.75 Å². The summed E-state index contributed by atoms with van der Waals surface area (Å²) in [6.45, 7) is 4.73. The van der Waals surface area contributed by atoms with Gasteiger partial charge in [-0.3, -0.25) is 9.79 Å². The Labute approximate surface area is 158 Å². The van der Waals surface area contributed by atoms with Gasteiger partial charge in [0.15, 0.2) is 0 Å². The van der Waals surface area contributed by atoms with E-state index < -0.39 is 6.04 Å². The molecule has 0 saturated carbocycles. The molecule has 2 atom stereocenters. The molecule has 2 aromatic carbocycles. The molecule has 1 aliphatic heterocycles. The Morgan fingerprint density at radius 1 is 1.22 bits per heavy atom. The molecule has 0 fully saturated rings. The number of phenolic OH excluding ortho intramolecular Hbond substituents is 1. The maximum atomic E-state index is 12.8. The lowest BCUT2D eigenvalue weighted by Gasteiger charge is -2.18. The van der Waals surface area contributed by atoms with Crippen LogP contribution in [0.3, 0.4) is 0 Å². The summed E-state index contributed by atoms with van der Waals surface area (Å²) in [6, 6.07) is 15.0. The summed E-state index contributed by atoms with van der Waals surface area (Å²) in [6.07, 6.45) is 2.67. The number of rotatable bonds is 4. The van der Waals surface area contributed by atoms with Crippen molar-refractivity contribution >= 4 is 28.8 Å². The van der Waals surface area contributed by atoms with E-state index in [4.69, 9.17) is 0 Å². The SMILES string of the molecule is CCC(C)C1N=Cc2c(n(Cc3ccccc3)c3ccc(O)cc23)NC1=O. The number of amides is 1. The molecule has 3 aromatic rings. The van der Waals surface area contributed by atoms with Crippen molar-refractivity contribution in [1.82, 2.24) is 4.57 Å². The van der Waals surface area contributed by atoms with E-state index in [0.29, 0.717) is 6.54 Å². The van der Waals surface area contributed by atoms with Crippen LogP contribution in [0.2, 0.25) is 0 Å². The van der Waals surface area contributed by atoms with Gasteiger partial charge in [0.25, 0.3) is 5.91 Å². The van der Waals surface area contributed by atoms with Crippen molar-refractivity contribution in [1.29, 1.82) is 0 Å². The zero-order valence-electron chi connectivity index (χ0n) is 15.5. The lowest BCUT2D eigenvalue weighted by Crippen LogP contribution is -2.31. The molecule has 5 nitrogen and oxygen atoms in total. The second-order valence-electron chi connectivity index (χ2n) is 7.13. The number of aromatic hydroxyl groups is 1. The molecule has 2 unspecified atom stereocenters. The van der Waals surface area contributed by atoms with Crippen LogP contribution in [0.15, 0.2) is 53.5 Å². The summed E-state index contributed by atoms with van der Waals surface area (Å²) in [4.78, 5) is 17.4. The number of phenols is 1. The number of hydrogen-bond donors (Lipinski definition) is 2. The molecule has 0 radical (unpaired) electrons. The molecule has 1 amide bonds. The highest BCUT2D eigenvalue weighted by atomic mass is 16.3. The number of aliphatic imine (C=N–C) groups is 1. The fourth-order valence-corrected chi connectivity index (χ4v) is 3.61. The summed E-state index contributed by atoms with van der Waals surface area (Å²) < 4.78 is 2.09. The van der Waals surface area contributed by atoms with Crippen LogP contribution < -0.4 is 5.32 Å². The van der Waals surface area contributed by atoms with Gasteiger partial charge in [-0.1, -0.05) is 50.6 Å². The lowest BCUT2D eigenvalue weighted by atomic mass is 9.99. The van der Waals surface area contributed by atoms with Gasteiger partial charge in [0.05, 0.1) is 5.52 Å². The van der Waals surface area contributed by atoms with Crippen molar-refractivity contribution in [3.05, 3.63) is 59.7 Å². The van der Waals surface area contributed by atoms with Crippen molar-refractivity contribution in [2.24, 2.45) is 10.9 Å². The fraction of sp³-hybridized carbons (Fsp3) is 0.273. The highest BCUT2D eigenvalue weighted by molar-refractivity contribution is 6.12. The molecule has 0 bridgehead atoms. The Morgan fingerprint density at radius 2 is 2.00 bits per heavy atom. The first-order valence-corrected chi connectivity index (χ1v) is 9.31. The first-order valence-electron chi connectivity index (χ1n) is 9.31. The van der Waals surface area contributed by atoms with Gasteiger partial charge >= 0.3 is 0 Å². The van der Waals surface area contributed by atoms with Gasteiger partial charge in [-0.15, -0.1) is 0 Å². The normalized spacial score (nSPS) is 17.4. The molecule has 4 rings (SSSR count). The highest BCUT2D eigenvalue weighted by Gasteiger charge is 2.28. The van der Waals surface area contributed by atoms with Crippen LogP contribution in [0.25, 0.3) is 10.9 Å². The third-order valence-electron chi connectivity index (χ3n) is 5.33. The standard InChI is InChI=1S/C22H23N3O2/c1-3-14(2)20-22(27)24-21-18(12-23-20)17-11-16(26)9-10-19(17)25(21)13-15-7-5-4-6-8-15/h4-12,14,20,26H,3,13H2,1-2H3,(H,24,27). The summed E-state index contributed by atoms with van der Waals surface area (Å²) in [5, 5.41) is 14.0. The average Bonchev–Trinajstić information content (AvgIpc) is 2.83. The number of carbonyl (C=O) groups is 1. The quantitative estimate of drug-likeness (QED) is 0.732. The van der Waals surface area contributed by atoms with Crippen LogP contribution in [0, 0.1) is 5.92 Å². The molecule has 2 N–H and O–H groups in total. The van der Waals surface area contributed by atoms with Gasteiger partial charge in [-0.05, 0) is 29.7 Å². The van der Waals surface area contributed by atoms with Crippen LogP contribution in [-0.2, 0) is 11.3 Å². The molecule has 1 aliphatic rings. The van der Waals surface area contributed by atoms with Gasteiger partial charge in [0.1, 0.15) is 17.6 Å². The molecular formula is C22H23N3O2. The Hall–Kier alpha value is -3.08. The predicted molar refractivity (Wildman–Crippen MR) is 109 cm³/mol. The number of nitrogens with one attached hydrogen (secondary N) is 1. The number of benzene rings is 2. The number of hydrogen-bond acceptors (Lipinski definition) is 3. The zero-order valence-corrected chi connectivity index (χ0v) is 15.5. The van der Waals surface area contributed by atoms with E-state index in [2.05, 4.69) is 33.9 Å². The first-order chi connectivity index (χ1) is 13.1. The van der Waals surface area contributed by atoms with Crippen molar-refractivity contribution in [3.8, 4) is 5.75 Å². The number of fused-ring (bicyclic) bond motifs is 3. The lowest BCUT2D eigenvalue weighted by molar-refractivity contribution is -0.118. The average molecular weight is 361 g/mol. The van der Waals surface area contributed by atoms with E-state index in [9.17, 15) is 9.90 Å². The first kappa shape index (κ1) is 17.3. The van der Waals surface area contributed by atoms with E-state index in [0.717, 1.165) is 34.3 Å². The summed E-state index contributed by atoms with van der Waals surface area (Å²) in [5.41, 5.74) is 2.94. The van der Waals surface area contributed by atoms with E-state index in [1.54, 1.807) is 18.3 Å².